The second-order valence-electron chi connectivity index (χ2n) is 2.49. The van der Waals surface area contributed by atoms with Crippen molar-refractivity contribution in [3.05, 3.63) is 0 Å². The largest absolute Gasteiger partial charge is 0.501 e. The van der Waals surface area contributed by atoms with E-state index < -0.39 is 8.80 Å². The third-order valence-electron chi connectivity index (χ3n) is 1.77. The summed E-state index contributed by atoms with van der Waals surface area (Å²) >= 11 is 0. The van der Waals surface area contributed by atoms with E-state index in [4.69, 9.17) is 19.7 Å². The van der Waals surface area contributed by atoms with Crippen molar-refractivity contribution in [1.29, 1.82) is 0 Å². The van der Waals surface area contributed by atoms with Crippen LogP contribution in [0.15, 0.2) is 0 Å². The van der Waals surface area contributed by atoms with Crippen molar-refractivity contribution in [3.63, 3.8) is 0 Å². The molecule has 4 heteroatoms. The van der Waals surface area contributed by atoms with Gasteiger partial charge in [0, 0.05) is 33.8 Å². The van der Waals surface area contributed by atoms with Crippen LogP contribution in [-0.2, 0) is 13.3 Å². The van der Waals surface area contributed by atoms with Gasteiger partial charge in [-0.25, -0.2) is 0 Å². The van der Waals surface area contributed by atoms with E-state index in [0.717, 1.165) is 0 Å². The second kappa shape index (κ2) is 8.12. The Kier molecular flexibility index (Phi) is 7.45. The molecule has 0 aromatic rings. The Balaban J connectivity index is 4.11. The molecule has 0 N–H and O–H groups in total. The van der Waals surface area contributed by atoms with Gasteiger partial charge in [0.2, 0.25) is 0 Å². The average Bonchev–Trinajstić information content (AvgIpc) is 2.29. The number of rotatable bonds is 5. The molecule has 0 saturated carbocycles. The Morgan fingerprint density at radius 3 is 2.07 bits per heavy atom. The summed E-state index contributed by atoms with van der Waals surface area (Å²) in [6, 6.07) is 0.640. The Labute approximate surface area is 92.5 Å². The summed E-state index contributed by atoms with van der Waals surface area (Å²) < 4.78 is 15.7. The number of terminal acetylenes is 1. The molecular formula is C11H14O3Si. The first-order chi connectivity index (χ1) is 7.24. The highest BCUT2D eigenvalue weighted by Gasteiger charge is 2.36. The monoisotopic (exact) mass is 222 g/mol. The summed E-state index contributed by atoms with van der Waals surface area (Å²) in [6.45, 7) is 0. The van der Waals surface area contributed by atoms with Crippen LogP contribution in [0.25, 0.3) is 0 Å². The van der Waals surface area contributed by atoms with Crippen LogP contribution in [0.2, 0.25) is 6.04 Å². The molecule has 0 aromatic carbocycles. The minimum atomic E-state index is -2.48. The summed E-state index contributed by atoms with van der Waals surface area (Å²) in [4.78, 5) is 0. The van der Waals surface area contributed by atoms with E-state index in [-0.39, 0.29) is 0 Å². The first-order valence-corrected chi connectivity index (χ1v) is 6.26. The smallest absolute Gasteiger partial charge is 0.377 e. The van der Waals surface area contributed by atoms with Gasteiger partial charge < -0.3 is 13.3 Å². The van der Waals surface area contributed by atoms with Gasteiger partial charge >= 0.3 is 8.80 Å². The van der Waals surface area contributed by atoms with E-state index in [2.05, 4.69) is 29.6 Å². The van der Waals surface area contributed by atoms with Crippen LogP contribution in [-0.4, -0.2) is 30.1 Å². The number of hydrogen-bond acceptors (Lipinski definition) is 3. The molecule has 15 heavy (non-hydrogen) atoms. The fraction of sp³-hybridized carbons (Fsp3) is 0.455. The summed E-state index contributed by atoms with van der Waals surface area (Å²) in [5.74, 6) is 12.6. The van der Waals surface area contributed by atoms with Crippen LogP contribution in [0, 0.1) is 36.0 Å². The molecule has 0 atom stereocenters. The molecule has 3 nitrogen and oxygen atoms in total. The van der Waals surface area contributed by atoms with Crippen molar-refractivity contribution < 1.29 is 13.3 Å². The topological polar surface area (TPSA) is 27.7 Å². The predicted octanol–water partition coefficient (Wildman–Crippen LogP) is 0.895. The molecule has 80 valence electrons. The molecule has 0 aliphatic heterocycles. The molecule has 0 rings (SSSR count). The lowest BCUT2D eigenvalue weighted by atomic mass is 10.4. The highest BCUT2D eigenvalue weighted by Crippen LogP contribution is 2.13. The minimum absolute atomic E-state index is 0.612. The zero-order valence-electron chi connectivity index (χ0n) is 9.22. The maximum atomic E-state index is 5.22. The van der Waals surface area contributed by atoms with Crippen LogP contribution in [0.4, 0.5) is 0 Å². The van der Waals surface area contributed by atoms with Crippen LogP contribution in [0.3, 0.4) is 0 Å². The molecule has 0 amide bonds. The molecule has 0 radical (unpaired) electrons. The molecule has 0 unspecified atom stereocenters. The average molecular weight is 222 g/mol. The van der Waals surface area contributed by atoms with E-state index in [0.29, 0.717) is 12.5 Å². The van der Waals surface area contributed by atoms with Crippen molar-refractivity contribution in [2.45, 2.75) is 12.5 Å². The molecule has 0 spiro atoms. The van der Waals surface area contributed by atoms with Gasteiger partial charge in [0.1, 0.15) is 0 Å². The van der Waals surface area contributed by atoms with Crippen molar-refractivity contribution in [2.75, 3.05) is 21.3 Å². The van der Waals surface area contributed by atoms with Gasteiger partial charge in [-0.3, -0.25) is 0 Å². The highest BCUT2D eigenvalue weighted by molar-refractivity contribution is 6.60. The molecule has 0 saturated heterocycles. The Morgan fingerprint density at radius 1 is 1.00 bits per heavy atom. The van der Waals surface area contributed by atoms with Gasteiger partial charge in [-0.1, -0.05) is 5.92 Å². The van der Waals surface area contributed by atoms with Gasteiger partial charge in [-0.2, -0.15) is 0 Å². The zero-order chi connectivity index (χ0) is 11.6. The fourth-order valence-corrected chi connectivity index (χ4v) is 2.49. The molecule has 0 bridgehead atoms. The Morgan fingerprint density at radius 2 is 1.60 bits per heavy atom. The summed E-state index contributed by atoms with van der Waals surface area (Å²) in [6.07, 6.45) is 5.54. The first kappa shape index (κ1) is 13.8. The standard InChI is InChI=1S/C11H14O3Si/c1-5-6-7-8-9-10-11-15(12-2,13-3)14-4/h1H,10-11H2,2-4H3. The molecule has 0 heterocycles. The van der Waals surface area contributed by atoms with E-state index in [1.165, 1.54) is 0 Å². The fourth-order valence-electron chi connectivity index (χ4n) is 0.946. The zero-order valence-corrected chi connectivity index (χ0v) is 10.2. The third-order valence-corrected chi connectivity index (χ3v) is 4.50. The van der Waals surface area contributed by atoms with Crippen molar-refractivity contribution in [3.8, 4) is 36.0 Å². The third kappa shape index (κ3) is 5.27. The maximum Gasteiger partial charge on any atom is 0.501 e. The van der Waals surface area contributed by atoms with Crippen molar-refractivity contribution in [2.24, 2.45) is 0 Å². The lowest BCUT2D eigenvalue weighted by molar-refractivity contribution is 0.124. The van der Waals surface area contributed by atoms with E-state index >= 15 is 0 Å². The van der Waals surface area contributed by atoms with E-state index in [1.54, 1.807) is 21.3 Å². The maximum absolute atomic E-state index is 5.22. The molecule has 0 aliphatic carbocycles. The van der Waals surface area contributed by atoms with Crippen molar-refractivity contribution >= 4 is 8.80 Å². The molecule has 0 fully saturated rings. The van der Waals surface area contributed by atoms with Gasteiger partial charge in [-0.05, 0) is 23.7 Å². The highest BCUT2D eigenvalue weighted by atomic mass is 28.4. The quantitative estimate of drug-likeness (QED) is 0.511. The molecular weight excluding hydrogens is 208 g/mol. The molecule has 0 aliphatic rings. The molecule has 0 aromatic heterocycles. The SMILES string of the molecule is C#CC#CC#CCC[Si](OC)(OC)OC. The van der Waals surface area contributed by atoms with Gasteiger partial charge in [0.15, 0.2) is 0 Å². The van der Waals surface area contributed by atoms with Crippen LogP contribution in [0.1, 0.15) is 6.42 Å². The summed E-state index contributed by atoms with van der Waals surface area (Å²) in [5.41, 5.74) is 0. The van der Waals surface area contributed by atoms with Crippen LogP contribution in [0.5, 0.6) is 0 Å². The Bertz CT molecular complexity index is 323. The van der Waals surface area contributed by atoms with Gasteiger partial charge in [0.25, 0.3) is 0 Å². The van der Waals surface area contributed by atoms with Gasteiger partial charge in [0.05, 0.1) is 0 Å². The normalized spacial score (nSPS) is 9.20. The van der Waals surface area contributed by atoms with E-state index in [1.807, 2.05) is 0 Å². The Hall–Kier alpha value is -1.22. The van der Waals surface area contributed by atoms with Crippen LogP contribution >= 0.6 is 0 Å². The summed E-state index contributed by atoms with van der Waals surface area (Å²) in [7, 11) is 2.25. The minimum Gasteiger partial charge on any atom is -0.377 e. The van der Waals surface area contributed by atoms with E-state index in [9.17, 15) is 0 Å². The van der Waals surface area contributed by atoms with Crippen LogP contribution < -0.4 is 0 Å². The number of hydrogen-bond donors (Lipinski definition) is 0. The lowest BCUT2D eigenvalue weighted by Gasteiger charge is -2.23. The van der Waals surface area contributed by atoms with Crippen molar-refractivity contribution in [1.82, 2.24) is 0 Å². The predicted molar refractivity (Wildman–Crippen MR) is 60.6 cm³/mol. The second-order valence-corrected chi connectivity index (χ2v) is 5.58. The summed E-state index contributed by atoms with van der Waals surface area (Å²) in [5, 5.41) is 0. The first-order valence-electron chi connectivity index (χ1n) is 4.33. The van der Waals surface area contributed by atoms with Gasteiger partial charge in [-0.15, -0.1) is 6.42 Å². The lowest BCUT2D eigenvalue weighted by Crippen LogP contribution is -2.42.